The number of furan rings is 1. The maximum atomic E-state index is 12.5. The quantitative estimate of drug-likeness (QED) is 0.452. The Morgan fingerprint density at radius 2 is 1.64 bits per heavy atom. The normalized spacial score (nSPS) is 11.6. The molecule has 0 spiro atoms. The Balaban J connectivity index is 1.50. The molecule has 28 heavy (non-hydrogen) atoms. The lowest BCUT2D eigenvalue weighted by Gasteiger charge is -2.04. The zero-order chi connectivity index (χ0) is 19.6. The number of nitrogens with zero attached hydrogens (tertiary/aromatic N) is 2. The Morgan fingerprint density at radius 3 is 2.43 bits per heavy atom. The van der Waals surface area contributed by atoms with E-state index in [0.29, 0.717) is 27.9 Å². The number of hydrogen-bond acceptors (Lipinski definition) is 6. The highest BCUT2D eigenvalue weighted by atomic mass is 35.5. The minimum absolute atomic E-state index is 0.165. The second kappa shape index (κ2) is 7.61. The smallest absolute Gasteiger partial charge is 0.293 e. The third-order valence-electron chi connectivity index (χ3n) is 4.03. The Kier molecular flexibility index (Phi) is 5.02. The van der Waals surface area contributed by atoms with Crippen LogP contribution in [0.1, 0.15) is 11.3 Å². The molecule has 0 bridgehead atoms. The molecule has 2 aromatic heterocycles. The van der Waals surface area contributed by atoms with Crippen LogP contribution in [-0.4, -0.2) is 18.6 Å². The maximum absolute atomic E-state index is 12.5. The molecule has 6 nitrogen and oxygen atoms in total. The molecule has 0 atom stereocenters. The zero-order valence-corrected chi connectivity index (χ0v) is 16.2. The van der Waals surface area contributed by atoms with Gasteiger partial charge in [-0.05, 0) is 23.8 Å². The van der Waals surface area contributed by atoms with Crippen LogP contribution in [0, 0.1) is 0 Å². The zero-order valence-electron chi connectivity index (χ0n) is 14.6. The average molecular weight is 415 g/mol. The number of hydrogen-bond donors (Lipinski definition) is 0. The molecule has 4 rings (SSSR count). The topological polar surface area (TPSA) is 86.2 Å². The van der Waals surface area contributed by atoms with Gasteiger partial charge in [0.1, 0.15) is 11.5 Å². The fourth-order valence-electron chi connectivity index (χ4n) is 2.72. The summed E-state index contributed by atoms with van der Waals surface area (Å²) < 4.78 is 35.8. The predicted molar refractivity (Wildman–Crippen MR) is 105 cm³/mol. The number of sulfone groups is 1. The van der Waals surface area contributed by atoms with Gasteiger partial charge in [0.15, 0.2) is 15.6 Å². The van der Waals surface area contributed by atoms with Gasteiger partial charge in [0.05, 0.1) is 5.75 Å². The Bertz CT molecular complexity index is 1200. The van der Waals surface area contributed by atoms with Gasteiger partial charge in [-0.3, -0.25) is 0 Å². The first-order valence-corrected chi connectivity index (χ1v) is 10.6. The van der Waals surface area contributed by atoms with Gasteiger partial charge in [0.25, 0.3) is 5.89 Å². The molecule has 0 radical (unpaired) electrons. The molecular weight excluding hydrogens is 400 g/mol. The molecule has 0 N–H and O–H groups in total. The van der Waals surface area contributed by atoms with Gasteiger partial charge in [-0.2, -0.15) is 4.98 Å². The lowest BCUT2D eigenvalue weighted by molar-refractivity contribution is 0.413. The fourth-order valence-corrected chi connectivity index (χ4v) is 4.42. The van der Waals surface area contributed by atoms with Crippen molar-refractivity contribution in [1.82, 2.24) is 10.1 Å². The minimum atomic E-state index is -3.46. The lowest BCUT2D eigenvalue weighted by atomic mass is 10.2. The van der Waals surface area contributed by atoms with Crippen LogP contribution in [-0.2, 0) is 21.3 Å². The van der Waals surface area contributed by atoms with Crippen LogP contribution >= 0.6 is 11.6 Å². The van der Waals surface area contributed by atoms with Crippen LogP contribution in [0.25, 0.3) is 23.0 Å². The third-order valence-corrected chi connectivity index (χ3v) is 5.87. The summed E-state index contributed by atoms with van der Waals surface area (Å²) in [5.74, 6) is 0.812. The molecule has 0 unspecified atom stereocenters. The molecule has 2 aromatic carbocycles. The van der Waals surface area contributed by atoms with Gasteiger partial charge in [-0.1, -0.05) is 65.3 Å². The van der Waals surface area contributed by atoms with Crippen molar-refractivity contribution in [2.24, 2.45) is 0 Å². The SMILES string of the molecule is O=S(=O)(Cc1ccc(-c2nc(-c3ccccc3)no2)o1)Cc1ccccc1Cl. The van der Waals surface area contributed by atoms with E-state index < -0.39 is 9.84 Å². The van der Waals surface area contributed by atoms with Crippen molar-refractivity contribution < 1.29 is 17.4 Å². The molecule has 8 heteroatoms. The highest BCUT2D eigenvalue weighted by molar-refractivity contribution is 7.89. The van der Waals surface area contributed by atoms with Gasteiger partial charge in [-0.15, -0.1) is 0 Å². The van der Waals surface area contributed by atoms with Crippen LogP contribution in [0.5, 0.6) is 0 Å². The molecule has 2 heterocycles. The molecule has 142 valence electrons. The van der Waals surface area contributed by atoms with Crippen LogP contribution in [0.4, 0.5) is 0 Å². The molecule has 0 aliphatic rings. The summed E-state index contributed by atoms with van der Waals surface area (Å²) in [6.07, 6.45) is 0. The first-order valence-electron chi connectivity index (χ1n) is 8.42. The molecule has 0 aliphatic heterocycles. The van der Waals surface area contributed by atoms with Gasteiger partial charge >= 0.3 is 0 Å². The van der Waals surface area contributed by atoms with E-state index >= 15 is 0 Å². The molecule has 0 amide bonds. The molecule has 0 saturated heterocycles. The first-order chi connectivity index (χ1) is 13.5. The van der Waals surface area contributed by atoms with Crippen LogP contribution in [0.3, 0.4) is 0 Å². The molecule has 0 aliphatic carbocycles. The summed E-state index contributed by atoms with van der Waals surface area (Å²) in [5, 5.41) is 4.35. The van der Waals surface area contributed by atoms with E-state index in [0.717, 1.165) is 5.56 Å². The van der Waals surface area contributed by atoms with E-state index in [1.54, 1.807) is 36.4 Å². The number of aromatic nitrogens is 2. The van der Waals surface area contributed by atoms with Crippen molar-refractivity contribution >= 4 is 21.4 Å². The van der Waals surface area contributed by atoms with Crippen LogP contribution < -0.4 is 0 Å². The van der Waals surface area contributed by atoms with E-state index in [-0.39, 0.29) is 17.4 Å². The third kappa shape index (κ3) is 4.16. The van der Waals surface area contributed by atoms with E-state index in [1.807, 2.05) is 30.3 Å². The Hall–Kier alpha value is -2.90. The highest BCUT2D eigenvalue weighted by Crippen LogP contribution is 2.26. The lowest BCUT2D eigenvalue weighted by Crippen LogP contribution is -2.07. The maximum Gasteiger partial charge on any atom is 0.293 e. The summed E-state index contributed by atoms with van der Waals surface area (Å²) in [7, 11) is -3.46. The first kappa shape index (κ1) is 18.5. The van der Waals surface area contributed by atoms with Crippen molar-refractivity contribution in [2.45, 2.75) is 11.5 Å². The van der Waals surface area contributed by atoms with Crippen LogP contribution in [0.2, 0.25) is 5.02 Å². The Morgan fingerprint density at radius 1 is 0.893 bits per heavy atom. The summed E-state index contributed by atoms with van der Waals surface area (Å²) in [6, 6.07) is 19.4. The molecule has 0 saturated carbocycles. The highest BCUT2D eigenvalue weighted by Gasteiger charge is 2.19. The van der Waals surface area contributed by atoms with Crippen molar-refractivity contribution in [3.8, 4) is 23.0 Å². The van der Waals surface area contributed by atoms with E-state index in [9.17, 15) is 8.42 Å². The summed E-state index contributed by atoms with van der Waals surface area (Å²) in [5.41, 5.74) is 1.37. The second-order valence-corrected chi connectivity index (χ2v) is 8.65. The molecule has 4 aromatic rings. The predicted octanol–water partition coefficient (Wildman–Crippen LogP) is 4.77. The number of halogens is 1. The minimum Gasteiger partial charge on any atom is -0.455 e. The Labute approximate surface area is 166 Å². The summed E-state index contributed by atoms with van der Waals surface area (Å²) in [4.78, 5) is 4.30. The summed E-state index contributed by atoms with van der Waals surface area (Å²) in [6.45, 7) is 0. The van der Waals surface area contributed by atoms with Gasteiger partial charge in [0.2, 0.25) is 5.82 Å². The monoisotopic (exact) mass is 414 g/mol. The largest absolute Gasteiger partial charge is 0.455 e. The number of rotatable bonds is 6. The van der Waals surface area contributed by atoms with Crippen molar-refractivity contribution in [2.75, 3.05) is 0 Å². The van der Waals surface area contributed by atoms with E-state index in [4.69, 9.17) is 20.5 Å². The van der Waals surface area contributed by atoms with Crippen LogP contribution in [0.15, 0.2) is 75.7 Å². The standard InChI is InChI=1S/C20H15ClN2O4S/c21-17-9-5-4-8-15(17)12-28(24,25)13-16-10-11-18(26-16)20-22-19(23-27-20)14-6-2-1-3-7-14/h1-11H,12-13H2. The summed E-state index contributed by atoms with van der Waals surface area (Å²) >= 11 is 6.05. The molecule has 0 fully saturated rings. The number of benzene rings is 2. The van der Waals surface area contributed by atoms with Crippen molar-refractivity contribution in [1.29, 1.82) is 0 Å². The van der Waals surface area contributed by atoms with Crippen molar-refractivity contribution in [3.63, 3.8) is 0 Å². The average Bonchev–Trinajstić information content (AvgIpc) is 3.33. The second-order valence-electron chi connectivity index (χ2n) is 6.18. The van der Waals surface area contributed by atoms with Gasteiger partial charge in [-0.25, -0.2) is 8.42 Å². The fraction of sp³-hybridized carbons (Fsp3) is 0.100. The van der Waals surface area contributed by atoms with E-state index in [1.165, 1.54) is 0 Å². The molecular formula is C20H15ClN2O4S. The van der Waals surface area contributed by atoms with Gasteiger partial charge in [0, 0.05) is 10.6 Å². The van der Waals surface area contributed by atoms with Gasteiger partial charge < -0.3 is 8.94 Å². The van der Waals surface area contributed by atoms with Crippen molar-refractivity contribution in [3.05, 3.63) is 83.1 Å². The van der Waals surface area contributed by atoms with E-state index in [2.05, 4.69) is 10.1 Å².